The largest absolute Gasteiger partial charge is 0.370 e. The Kier molecular flexibility index (Phi) is 4.46. The second-order valence-corrected chi connectivity index (χ2v) is 6.11. The molecule has 4 nitrogen and oxygen atoms in total. The van der Waals surface area contributed by atoms with Crippen molar-refractivity contribution in [3.63, 3.8) is 0 Å². The molecule has 0 saturated carbocycles. The molecule has 1 N–H and O–H groups in total. The van der Waals surface area contributed by atoms with E-state index in [1.807, 2.05) is 31.3 Å². The molecule has 4 heteroatoms. The van der Waals surface area contributed by atoms with Gasteiger partial charge in [-0.3, -0.25) is 0 Å². The van der Waals surface area contributed by atoms with E-state index in [1.165, 1.54) is 0 Å². The second-order valence-electron chi connectivity index (χ2n) is 6.11. The second kappa shape index (κ2) is 6.12. The van der Waals surface area contributed by atoms with Gasteiger partial charge in [-0.15, -0.1) is 0 Å². The highest BCUT2D eigenvalue weighted by Gasteiger charge is 2.20. The minimum atomic E-state index is -0.0856. The van der Waals surface area contributed by atoms with Crippen molar-refractivity contribution in [2.45, 2.75) is 33.1 Å². The molecule has 1 aromatic heterocycles. The number of anilines is 3. The van der Waals surface area contributed by atoms with Gasteiger partial charge in [-0.05, 0) is 19.1 Å². The molecule has 0 fully saturated rings. The highest BCUT2D eigenvalue weighted by atomic mass is 15.2. The van der Waals surface area contributed by atoms with Crippen molar-refractivity contribution in [2.24, 2.45) is 0 Å². The van der Waals surface area contributed by atoms with Gasteiger partial charge in [0.15, 0.2) is 0 Å². The zero-order valence-electron chi connectivity index (χ0n) is 13.5. The van der Waals surface area contributed by atoms with Gasteiger partial charge < -0.3 is 10.2 Å². The Bertz CT molecular complexity index is 587. The number of aromatic nitrogens is 2. The van der Waals surface area contributed by atoms with Crippen molar-refractivity contribution in [3.8, 4) is 0 Å². The van der Waals surface area contributed by atoms with Gasteiger partial charge in [0, 0.05) is 30.8 Å². The van der Waals surface area contributed by atoms with Gasteiger partial charge >= 0.3 is 0 Å². The zero-order chi connectivity index (χ0) is 15.5. The van der Waals surface area contributed by atoms with Crippen LogP contribution in [0.4, 0.5) is 17.3 Å². The number of nitrogens with one attached hydrogen (secondary N) is 1. The monoisotopic (exact) mass is 284 g/mol. The smallest absolute Gasteiger partial charge is 0.138 e. The molecular weight excluding hydrogens is 260 g/mol. The normalized spacial score (nSPS) is 11.3. The Labute approximate surface area is 127 Å². The van der Waals surface area contributed by atoms with Gasteiger partial charge in [0.25, 0.3) is 0 Å². The van der Waals surface area contributed by atoms with E-state index in [-0.39, 0.29) is 5.41 Å². The fourth-order valence-corrected chi connectivity index (χ4v) is 2.00. The Hall–Kier alpha value is -2.10. The summed E-state index contributed by atoms with van der Waals surface area (Å²) < 4.78 is 0. The number of hydrogen-bond donors (Lipinski definition) is 1. The van der Waals surface area contributed by atoms with E-state index in [1.54, 1.807) is 0 Å². The molecule has 0 aliphatic carbocycles. The van der Waals surface area contributed by atoms with Gasteiger partial charge in [0.2, 0.25) is 0 Å². The van der Waals surface area contributed by atoms with E-state index < -0.39 is 0 Å². The van der Waals surface area contributed by atoms with Crippen LogP contribution in [0, 0.1) is 0 Å². The van der Waals surface area contributed by atoms with Crippen LogP contribution in [0.5, 0.6) is 0 Å². The van der Waals surface area contributed by atoms with Crippen LogP contribution in [-0.4, -0.2) is 23.6 Å². The van der Waals surface area contributed by atoms with Gasteiger partial charge in [-0.25, -0.2) is 9.97 Å². The molecule has 112 valence electrons. The minimum absolute atomic E-state index is 0.0856. The number of rotatable bonds is 4. The van der Waals surface area contributed by atoms with Crippen molar-refractivity contribution in [2.75, 3.05) is 23.8 Å². The molecule has 0 radical (unpaired) electrons. The number of hydrogen-bond acceptors (Lipinski definition) is 4. The van der Waals surface area contributed by atoms with Crippen molar-refractivity contribution >= 4 is 17.3 Å². The maximum atomic E-state index is 4.74. The predicted molar refractivity (Wildman–Crippen MR) is 89.4 cm³/mol. The highest BCUT2D eigenvalue weighted by Crippen LogP contribution is 2.27. The Morgan fingerprint density at radius 2 is 1.76 bits per heavy atom. The van der Waals surface area contributed by atoms with Crippen LogP contribution in [0.25, 0.3) is 0 Å². The van der Waals surface area contributed by atoms with E-state index >= 15 is 0 Å². The fourth-order valence-electron chi connectivity index (χ4n) is 2.00. The lowest BCUT2D eigenvalue weighted by Gasteiger charge is -2.23. The lowest BCUT2D eigenvalue weighted by atomic mass is 9.96. The van der Waals surface area contributed by atoms with Crippen LogP contribution < -0.4 is 10.2 Å². The van der Waals surface area contributed by atoms with Crippen LogP contribution in [0.3, 0.4) is 0 Å². The first-order chi connectivity index (χ1) is 9.91. The third kappa shape index (κ3) is 3.72. The summed E-state index contributed by atoms with van der Waals surface area (Å²) in [7, 11) is 2.03. The summed E-state index contributed by atoms with van der Waals surface area (Å²) in [6.07, 6.45) is 0. The summed E-state index contributed by atoms with van der Waals surface area (Å²) >= 11 is 0. The molecule has 0 spiro atoms. The molecule has 0 aliphatic rings. The molecule has 1 heterocycles. The van der Waals surface area contributed by atoms with E-state index in [2.05, 4.69) is 55.0 Å². The average Bonchev–Trinajstić information content (AvgIpc) is 2.46. The third-order valence-electron chi connectivity index (χ3n) is 3.23. The molecule has 0 bridgehead atoms. The van der Waals surface area contributed by atoms with Crippen molar-refractivity contribution in [1.82, 2.24) is 9.97 Å². The molecule has 0 aliphatic heterocycles. The maximum Gasteiger partial charge on any atom is 0.138 e. The van der Waals surface area contributed by atoms with Crippen molar-refractivity contribution in [1.29, 1.82) is 0 Å². The first kappa shape index (κ1) is 15.3. The van der Waals surface area contributed by atoms with Gasteiger partial charge in [-0.2, -0.15) is 0 Å². The highest BCUT2D eigenvalue weighted by molar-refractivity contribution is 5.61. The third-order valence-corrected chi connectivity index (χ3v) is 3.23. The lowest BCUT2D eigenvalue weighted by molar-refractivity contribution is 0.546. The first-order valence-corrected chi connectivity index (χ1v) is 7.34. The molecule has 1 aromatic carbocycles. The van der Waals surface area contributed by atoms with E-state index in [0.29, 0.717) is 0 Å². The molecule has 21 heavy (non-hydrogen) atoms. The standard InChI is InChI=1S/C17H24N4/c1-6-18-14-12-15(20-16(19-14)17(2,3)4)21(5)13-10-8-7-9-11-13/h7-12H,6H2,1-5H3,(H,18,19,20). The average molecular weight is 284 g/mol. The maximum absolute atomic E-state index is 4.74. The topological polar surface area (TPSA) is 41.0 Å². The minimum Gasteiger partial charge on any atom is -0.370 e. The van der Waals surface area contributed by atoms with Crippen LogP contribution in [0.2, 0.25) is 0 Å². The summed E-state index contributed by atoms with van der Waals surface area (Å²) in [6.45, 7) is 9.30. The van der Waals surface area contributed by atoms with Crippen LogP contribution >= 0.6 is 0 Å². The number of benzene rings is 1. The molecule has 0 atom stereocenters. The summed E-state index contributed by atoms with van der Waals surface area (Å²) in [4.78, 5) is 11.4. The Morgan fingerprint density at radius 3 is 2.33 bits per heavy atom. The Morgan fingerprint density at radius 1 is 1.10 bits per heavy atom. The Balaban J connectivity index is 2.45. The molecule has 0 unspecified atom stereocenters. The van der Waals surface area contributed by atoms with Crippen LogP contribution in [-0.2, 0) is 5.41 Å². The van der Waals surface area contributed by atoms with Gasteiger partial charge in [0.05, 0.1) is 0 Å². The molecule has 0 saturated heterocycles. The molecule has 2 aromatic rings. The van der Waals surface area contributed by atoms with Gasteiger partial charge in [-0.1, -0.05) is 39.0 Å². The van der Waals surface area contributed by atoms with Crippen LogP contribution in [0.1, 0.15) is 33.5 Å². The van der Waals surface area contributed by atoms with E-state index in [9.17, 15) is 0 Å². The molecule has 0 amide bonds. The summed E-state index contributed by atoms with van der Waals surface area (Å²) in [5.41, 5.74) is 1.02. The number of nitrogens with zero attached hydrogens (tertiary/aromatic N) is 3. The SMILES string of the molecule is CCNc1cc(N(C)c2ccccc2)nc(C(C)(C)C)n1. The molecular formula is C17H24N4. The zero-order valence-corrected chi connectivity index (χ0v) is 13.5. The quantitative estimate of drug-likeness (QED) is 0.922. The predicted octanol–water partition coefficient (Wildman–Crippen LogP) is 3.97. The first-order valence-electron chi connectivity index (χ1n) is 7.34. The van der Waals surface area contributed by atoms with E-state index in [4.69, 9.17) is 4.98 Å². The fraction of sp³-hybridized carbons (Fsp3) is 0.412. The van der Waals surface area contributed by atoms with Crippen molar-refractivity contribution < 1.29 is 0 Å². The van der Waals surface area contributed by atoms with Gasteiger partial charge in [0.1, 0.15) is 17.5 Å². The van der Waals surface area contributed by atoms with Crippen molar-refractivity contribution in [3.05, 3.63) is 42.2 Å². The lowest BCUT2D eigenvalue weighted by Crippen LogP contribution is -2.20. The summed E-state index contributed by atoms with van der Waals surface area (Å²) in [5.74, 6) is 2.62. The summed E-state index contributed by atoms with van der Waals surface area (Å²) in [6, 6.07) is 12.2. The van der Waals surface area contributed by atoms with E-state index in [0.717, 1.165) is 29.7 Å². The summed E-state index contributed by atoms with van der Waals surface area (Å²) in [5, 5.41) is 3.29. The number of para-hydroxylation sites is 1. The van der Waals surface area contributed by atoms with Crippen LogP contribution in [0.15, 0.2) is 36.4 Å². The molecule has 2 rings (SSSR count).